The average molecular weight is 361 g/mol. The third-order valence-electron chi connectivity index (χ3n) is 4.13. The molecule has 0 fully saturated rings. The molecule has 0 bridgehead atoms. The molecule has 0 aliphatic rings. The summed E-state index contributed by atoms with van der Waals surface area (Å²) in [5.74, 6) is 0. The van der Waals surface area contributed by atoms with Crippen LogP contribution in [0.1, 0.15) is 29.2 Å². The second kappa shape index (κ2) is 6.14. The van der Waals surface area contributed by atoms with Crippen molar-refractivity contribution in [3.05, 3.63) is 58.7 Å². The Balaban J connectivity index is 2.57. The molecule has 0 amide bonds. The van der Waals surface area contributed by atoms with Crippen LogP contribution >= 0.6 is 0 Å². The van der Waals surface area contributed by atoms with E-state index in [-0.39, 0.29) is 0 Å². The van der Waals surface area contributed by atoms with E-state index in [1.54, 1.807) is 7.02 Å². The Kier molecular flexibility index (Phi) is 4.74. The second-order valence-electron chi connectivity index (χ2n) is 5.17. The summed E-state index contributed by atoms with van der Waals surface area (Å²) in [5.41, 5.74) is 5.95. The van der Waals surface area contributed by atoms with Crippen LogP contribution in [0.4, 0.5) is 0 Å². The van der Waals surface area contributed by atoms with Gasteiger partial charge in [0.05, 0.1) is 0 Å². The van der Waals surface area contributed by atoms with E-state index in [0.717, 1.165) is 0 Å². The predicted octanol–water partition coefficient (Wildman–Crippen LogP) is 3.55. The standard InChI is InChI=1S/C10H13.C6H5.C2H5.Sb/c1-7-5-6-8(2)10(4)9(7)3;1-2-4-6-5-3-1;1-2;/h5H,1-4H3;1-5H;1H2,2H3;. The summed E-state index contributed by atoms with van der Waals surface area (Å²) in [5, 5.41) is 0. The molecule has 0 saturated carbocycles. The summed E-state index contributed by atoms with van der Waals surface area (Å²) in [6.45, 7) is 11.5. The van der Waals surface area contributed by atoms with Crippen LogP contribution in [-0.4, -0.2) is 20.2 Å². The van der Waals surface area contributed by atoms with E-state index >= 15 is 0 Å². The molecule has 2 aromatic carbocycles. The van der Waals surface area contributed by atoms with Crippen LogP contribution in [0, 0.1) is 27.7 Å². The van der Waals surface area contributed by atoms with Gasteiger partial charge in [-0.3, -0.25) is 0 Å². The van der Waals surface area contributed by atoms with Gasteiger partial charge in [-0.15, -0.1) is 0 Å². The first-order chi connectivity index (χ1) is 9.06. The molecule has 2 aromatic rings. The minimum absolute atomic E-state index is 1.33. The van der Waals surface area contributed by atoms with Crippen LogP contribution in [-0.2, 0) is 0 Å². The summed E-state index contributed by atoms with van der Waals surface area (Å²) in [6.07, 6.45) is 0. The molecule has 0 heterocycles. The topological polar surface area (TPSA) is 0 Å². The van der Waals surface area contributed by atoms with Crippen molar-refractivity contribution in [3.63, 3.8) is 0 Å². The summed E-state index contributed by atoms with van der Waals surface area (Å²) in [6, 6.07) is 13.6. The first kappa shape index (κ1) is 14.7. The molecular formula is C18H23Sb. The van der Waals surface area contributed by atoms with Crippen LogP contribution < -0.4 is 7.02 Å². The molecule has 2 rings (SSSR count). The van der Waals surface area contributed by atoms with Crippen molar-refractivity contribution in [2.75, 3.05) is 0 Å². The quantitative estimate of drug-likeness (QED) is 0.734. The van der Waals surface area contributed by atoms with E-state index in [1.807, 2.05) is 0 Å². The van der Waals surface area contributed by atoms with Crippen LogP contribution in [0.5, 0.6) is 0 Å². The molecule has 0 spiro atoms. The maximum atomic E-state index is 2.47. The van der Waals surface area contributed by atoms with Crippen molar-refractivity contribution in [1.82, 2.24) is 0 Å². The Morgan fingerprint density at radius 1 is 0.842 bits per heavy atom. The Bertz CT molecular complexity index is 570. The molecule has 0 N–H and O–H groups in total. The van der Waals surface area contributed by atoms with Gasteiger partial charge in [0.25, 0.3) is 0 Å². The van der Waals surface area contributed by atoms with Crippen molar-refractivity contribution in [3.8, 4) is 0 Å². The molecule has 100 valence electrons. The summed E-state index contributed by atoms with van der Waals surface area (Å²) in [7, 11) is 0. The van der Waals surface area contributed by atoms with Crippen molar-refractivity contribution < 1.29 is 0 Å². The fraction of sp³-hybridized carbons (Fsp3) is 0.333. The first-order valence-corrected chi connectivity index (χ1v) is 11.3. The Hall–Kier alpha value is -0.742. The van der Waals surface area contributed by atoms with Gasteiger partial charge in [0.15, 0.2) is 0 Å². The van der Waals surface area contributed by atoms with E-state index in [9.17, 15) is 0 Å². The van der Waals surface area contributed by atoms with Crippen molar-refractivity contribution >= 4 is 27.2 Å². The van der Waals surface area contributed by atoms with Crippen molar-refractivity contribution in [2.24, 2.45) is 0 Å². The van der Waals surface area contributed by atoms with E-state index in [2.05, 4.69) is 71.0 Å². The van der Waals surface area contributed by atoms with Gasteiger partial charge in [0.1, 0.15) is 0 Å². The van der Waals surface area contributed by atoms with Crippen LogP contribution in [0.3, 0.4) is 0 Å². The molecule has 0 radical (unpaired) electrons. The number of rotatable bonds is 3. The third-order valence-corrected chi connectivity index (χ3v) is 11.5. The van der Waals surface area contributed by atoms with Gasteiger partial charge in [-0.05, 0) is 0 Å². The van der Waals surface area contributed by atoms with Gasteiger partial charge in [-0.2, -0.15) is 0 Å². The van der Waals surface area contributed by atoms with Gasteiger partial charge in [-0.1, -0.05) is 0 Å². The molecule has 1 heteroatoms. The number of aryl methyl sites for hydroxylation is 1. The van der Waals surface area contributed by atoms with Gasteiger partial charge < -0.3 is 0 Å². The first-order valence-electron chi connectivity index (χ1n) is 6.96. The normalized spacial score (nSPS) is 11.1. The van der Waals surface area contributed by atoms with E-state index in [4.69, 9.17) is 0 Å². The molecule has 0 aliphatic carbocycles. The zero-order valence-corrected chi connectivity index (χ0v) is 15.2. The predicted molar refractivity (Wildman–Crippen MR) is 87.3 cm³/mol. The molecule has 0 saturated heterocycles. The Morgan fingerprint density at radius 3 is 2.05 bits per heavy atom. The SMILES string of the molecule is C[CH2][Sb]([c]1ccccc1)[c]1cc(C)c(C)c(C)c1C. The Morgan fingerprint density at radius 2 is 1.47 bits per heavy atom. The fourth-order valence-electron chi connectivity index (χ4n) is 2.57. The summed E-state index contributed by atoms with van der Waals surface area (Å²) >= 11 is -1.54. The van der Waals surface area contributed by atoms with Crippen molar-refractivity contribution in [2.45, 2.75) is 39.0 Å². The van der Waals surface area contributed by atoms with Gasteiger partial charge >= 0.3 is 125 Å². The van der Waals surface area contributed by atoms with Gasteiger partial charge in [0.2, 0.25) is 0 Å². The molecule has 0 aliphatic heterocycles. The van der Waals surface area contributed by atoms with E-state index < -0.39 is 20.2 Å². The monoisotopic (exact) mass is 360 g/mol. The van der Waals surface area contributed by atoms with E-state index in [1.165, 1.54) is 26.6 Å². The molecule has 19 heavy (non-hydrogen) atoms. The second-order valence-corrected chi connectivity index (χ2v) is 12.3. The maximum absolute atomic E-state index is 2.47. The zero-order chi connectivity index (χ0) is 14.0. The molecule has 0 nitrogen and oxygen atoms in total. The molecule has 0 unspecified atom stereocenters. The molecule has 0 atom stereocenters. The van der Waals surface area contributed by atoms with Gasteiger partial charge in [0, 0.05) is 0 Å². The van der Waals surface area contributed by atoms with Crippen LogP contribution in [0.2, 0.25) is 4.37 Å². The molecule has 0 aromatic heterocycles. The van der Waals surface area contributed by atoms with Crippen LogP contribution in [0.25, 0.3) is 0 Å². The van der Waals surface area contributed by atoms with Gasteiger partial charge in [-0.25, -0.2) is 0 Å². The summed E-state index contributed by atoms with van der Waals surface area (Å²) in [4.78, 5) is 0. The van der Waals surface area contributed by atoms with Crippen molar-refractivity contribution in [1.29, 1.82) is 0 Å². The minimum atomic E-state index is -1.54. The Labute approximate surface area is 124 Å². The molecular weight excluding hydrogens is 338 g/mol. The van der Waals surface area contributed by atoms with E-state index in [0.29, 0.717) is 0 Å². The fourth-order valence-corrected chi connectivity index (χ4v) is 9.53. The number of hydrogen-bond donors (Lipinski definition) is 0. The summed E-state index contributed by atoms with van der Waals surface area (Å²) < 4.78 is 4.62. The zero-order valence-electron chi connectivity index (χ0n) is 12.6. The van der Waals surface area contributed by atoms with Crippen LogP contribution in [0.15, 0.2) is 36.4 Å². The average Bonchev–Trinajstić information content (AvgIpc) is 2.44. The number of benzene rings is 2. The third kappa shape index (κ3) is 2.89. The number of hydrogen-bond acceptors (Lipinski definition) is 0.